The molecule has 0 atom stereocenters. The zero-order valence-electron chi connectivity index (χ0n) is 9.67. The summed E-state index contributed by atoms with van der Waals surface area (Å²) in [5.74, 6) is 0. The first-order valence-corrected chi connectivity index (χ1v) is 7.57. The zero-order valence-corrected chi connectivity index (χ0v) is 11.3. The minimum absolute atomic E-state index is 0.135. The van der Waals surface area contributed by atoms with E-state index in [9.17, 15) is 8.42 Å². The lowest BCUT2D eigenvalue weighted by atomic mass is 10.4. The number of anilines is 1. The monoisotopic (exact) mass is 287 g/mol. The normalized spacial score (nSPS) is 11.7. The van der Waals surface area contributed by atoms with Crippen molar-refractivity contribution in [2.75, 3.05) is 4.72 Å². The van der Waals surface area contributed by atoms with Crippen molar-refractivity contribution in [1.29, 1.82) is 0 Å². The van der Waals surface area contributed by atoms with Crippen LogP contribution in [0.2, 0.25) is 0 Å². The van der Waals surface area contributed by atoms with Gasteiger partial charge in [-0.15, -0.1) is 10.2 Å². The lowest BCUT2D eigenvalue weighted by molar-refractivity contribution is 0.601. The SMILES string of the molecule is CCc1nnc(NS(=O)(=O)c2c[nH]c(CN)c2)s1. The Balaban J connectivity index is 2.21. The van der Waals surface area contributed by atoms with E-state index in [4.69, 9.17) is 5.73 Å². The third-order valence-electron chi connectivity index (χ3n) is 2.24. The molecule has 0 radical (unpaired) electrons. The van der Waals surface area contributed by atoms with Gasteiger partial charge in [0.15, 0.2) is 0 Å². The number of hydrogen-bond acceptors (Lipinski definition) is 6. The third kappa shape index (κ3) is 2.68. The maximum atomic E-state index is 12.0. The van der Waals surface area contributed by atoms with Gasteiger partial charge in [-0.2, -0.15) is 0 Å². The highest BCUT2D eigenvalue weighted by molar-refractivity contribution is 7.93. The summed E-state index contributed by atoms with van der Waals surface area (Å²) in [6.07, 6.45) is 2.12. The molecule has 7 nitrogen and oxygen atoms in total. The number of aromatic nitrogens is 3. The molecule has 0 fully saturated rings. The van der Waals surface area contributed by atoms with E-state index in [0.717, 1.165) is 11.4 Å². The van der Waals surface area contributed by atoms with Gasteiger partial charge in [-0.25, -0.2) is 8.42 Å². The zero-order chi connectivity index (χ0) is 13.2. The molecule has 0 aliphatic heterocycles. The summed E-state index contributed by atoms with van der Waals surface area (Å²) in [5, 5.41) is 8.66. The second-order valence-electron chi connectivity index (χ2n) is 3.52. The van der Waals surface area contributed by atoms with Gasteiger partial charge in [-0.05, 0) is 12.5 Å². The summed E-state index contributed by atoms with van der Waals surface area (Å²) >= 11 is 1.22. The van der Waals surface area contributed by atoms with Gasteiger partial charge in [0, 0.05) is 18.4 Å². The van der Waals surface area contributed by atoms with Crippen LogP contribution in [0.3, 0.4) is 0 Å². The lowest BCUT2D eigenvalue weighted by Gasteiger charge is -2.00. The first kappa shape index (κ1) is 13.0. The molecule has 2 aromatic heterocycles. The van der Waals surface area contributed by atoms with Crippen LogP contribution >= 0.6 is 11.3 Å². The summed E-state index contributed by atoms with van der Waals surface area (Å²) in [6.45, 7) is 2.19. The molecule has 0 saturated heterocycles. The molecule has 2 rings (SSSR count). The first-order valence-electron chi connectivity index (χ1n) is 5.27. The topological polar surface area (TPSA) is 114 Å². The van der Waals surface area contributed by atoms with Crippen molar-refractivity contribution in [2.24, 2.45) is 5.73 Å². The number of hydrogen-bond donors (Lipinski definition) is 3. The molecule has 18 heavy (non-hydrogen) atoms. The molecule has 0 aliphatic carbocycles. The van der Waals surface area contributed by atoms with E-state index in [2.05, 4.69) is 19.9 Å². The largest absolute Gasteiger partial charge is 0.363 e. The summed E-state index contributed by atoms with van der Waals surface area (Å²) in [4.78, 5) is 2.92. The van der Waals surface area contributed by atoms with Crippen molar-refractivity contribution >= 4 is 26.5 Å². The fraction of sp³-hybridized carbons (Fsp3) is 0.333. The van der Waals surface area contributed by atoms with Gasteiger partial charge in [-0.3, -0.25) is 4.72 Å². The molecule has 98 valence electrons. The fourth-order valence-electron chi connectivity index (χ4n) is 1.30. The maximum Gasteiger partial charge on any atom is 0.265 e. The van der Waals surface area contributed by atoms with E-state index in [-0.39, 0.29) is 16.6 Å². The van der Waals surface area contributed by atoms with Gasteiger partial charge >= 0.3 is 0 Å². The fourth-order valence-corrected chi connectivity index (χ4v) is 3.23. The highest BCUT2D eigenvalue weighted by atomic mass is 32.2. The van der Waals surface area contributed by atoms with Gasteiger partial charge in [0.1, 0.15) is 9.90 Å². The van der Waals surface area contributed by atoms with Gasteiger partial charge in [0.25, 0.3) is 10.0 Å². The van der Waals surface area contributed by atoms with Gasteiger partial charge in [0.2, 0.25) is 5.13 Å². The maximum absolute atomic E-state index is 12.0. The van der Waals surface area contributed by atoms with E-state index in [1.165, 1.54) is 23.6 Å². The molecular formula is C9H13N5O2S2. The van der Waals surface area contributed by atoms with E-state index >= 15 is 0 Å². The Morgan fingerprint density at radius 1 is 1.50 bits per heavy atom. The Bertz CT molecular complexity index is 631. The molecule has 9 heteroatoms. The van der Waals surface area contributed by atoms with Crippen molar-refractivity contribution < 1.29 is 8.42 Å². The Morgan fingerprint density at radius 2 is 2.28 bits per heavy atom. The van der Waals surface area contributed by atoms with E-state index < -0.39 is 10.0 Å². The Morgan fingerprint density at radius 3 is 2.83 bits per heavy atom. The van der Waals surface area contributed by atoms with Crippen LogP contribution in [-0.4, -0.2) is 23.6 Å². The Labute approximate surface area is 108 Å². The van der Waals surface area contributed by atoms with Crippen LogP contribution in [0.25, 0.3) is 0 Å². The van der Waals surface area contributed by atoms with E-state index in [0.29, 0.717) is 5.69 Å². The van der Waals surface area contributed by atoms with Crippen molar-refractivity contribution in [3.05, 3.63) is 23.0 Å². The molecule has 0 amide bonds. The van der Waals surface area contributed by atoms with Gasteiger partial charge < -0.3 is 10.7 Å². The molecule has 4 N–H and O–H groups in total. The molecule has 0 spiro atoms. The van der Waals surface area contributed by atoms with Crippen molar-refractivity contribution in [1.82, 2.24) is 15.2 Å². The summed E-state index contributed by atoms with van der Waals surface area (Å²) < 4.78 is 26.4. The first-order chi connectivity index (χ1) is 8.55. The van der Waals surface area contributed by atoms with Crippen LogP contribution in [0.4, 0.5) is 5.13 Å². The number of aryl methyl sites for hydroxylation is 1. The smallest absolute Gasteiger partial charge is 0.265 e. The molecule has 0 saturated carbocycles. The van der Waals surface area contributed by atoms with Crippen LogP contribution in [0, 0.1) is 0 Å². The van der Waals surface area contributed by atoms with Gasteiger partial charge in [0.05, 0.1) is 0 Å². The molecule has 0 aliphatic rings. The number of rotatable bonds is 5. The second-order valence-corrected chi connectivity index (χ2v) is 6.27. The molecule has 0 unspecified atom stereocenters. The van der Waals surface area contributed by atoms with Crippen molar-refractivity contribution in [3.63, 3.8) is 0 Å². The third-order valence-corrected chi connectivity index (χ3v) is 4.67. The Hall–Kier alpha value is -1.45. The lowest BCUT2D eigenvalue weighted by Crippen LogP contribution is -2.12. The summed E-state index contributed by atoms with van der Waals surface area (Å²) in [5.41, 5.74) is 6.07. The molecule has 0 bridgehead atoms. The molecule has 2 aromatic rings. The molecular weight excluding hydrogens is 274 g/mol. The van der Waals surface area contributed by atoms with Crippen LogP contribution in [-0.2, 0) is 23.0 Å². The van der Waals surface area contributed by atoms with E-state index in [1.54, 1.807) is 0 Å². The van der Waals surface area contributed by atoms with E-state index in [1.807, 2.05) is 6.92 Å². The minimum Gasteiger partial charge on any atom is -0.363 e. The number of nitrogens with zero attached hydrogens (tertiary/aromatic N) is 2. The minimum atomic E-state index is -3.63. The number of nitrogens with two attached hydrogens (primary N) is 1. The number of nitrogens with one attached hydrogen (secondary N) is 2. The van der Waals surface area contributed by atoms with Crippen molar-refractivity contribution in [2.45, 2.75) is 24.8 Å². The van der Waals surface area contributed by atoms with Crippen molar-refractivity contribution in [3.8, 4) is 0 Å². The standard InChI is InChI=1S/C9H13N5O2S2/c1-2-8-12-13-9(17-8)14-18(15,16)7-3-6(4-10)11-5-7/h3,5,11H,2,4,10H2,1H3,(H,13,14). The van der Waals surface area contributed by atoms with Crippen LogP contribution in [0.15, 0.2) is 17.2 Å². The highest BCUT2D eigenvalue weighted by Crippen LogP contribution is 2.20. The summed E-state index contributed by atoms with van der Waals surface area (Å²) in [6, 6.07) is 1.49. The average Bonchev–Trinajstić information content (AvgIpc) is 2.96. The van der Waals surface area contributed by atoms with Crippen LogP contribution < -0.4 is 10.5 Å². The molecule has 0 aromatic carbocycles. The number of H-pyrrole nitrogens is 1. The number of sulfonamides is 1. The predicted molar refractivity (Wildman–Crippen MR) is 68.8 cm³/mol. The Kier molecular flexibility index (Phi) is 3.64. The van der Waals surface area contributed by atoms with Crippen LogP contribution in [0.5, 0.6) is 0 Å². The van der Waals surface area contributed by atoms with Crippen LogP contribution in [0.1, 0.15) is 17.6 Å². The second kappa shape index (κ2) is 5.04. The highest BCUT2D eigenvalue weighted by Gasteiger charge is 2.18. The quantitative estimate of drug-likeness (QED) is 0.748. The summed E-state index contributed by atoms with van der Waals surface area (Å²) in [7, 11) is -3.63. The number of aromatic amines is 1. The average molecular weight is 287 g/mol. The predicted octanol–water partition coefficient (Wildman–Crippen LogP) is 0.688. The molecule has 2 heterocycles. The van der Waals surface area contributed by atoms with Gasteiger partial charge in [-0.1, -0.05) is 18.3 Å².